The lowest BCUT2D eigenvalue weighted by atomic mass is 9.95. The predicted molar refractivity (Wildman–Crippen MR) is 84.5 cm³/mol. The highest BCUT2D eigenvalue weighted by molar-refractivity contribution is 5.82. The van der Waals surface area contributed by atoms with Gasteiger partial charge in [-0.3, -0.25) is 4.79 Å². The van der Waals surface area contributed by atoms with Crippen molar-refractivity contribution in [2.24, 2.45) is 0 Å². The third kappa shape index (κ3) is 5.69. The van der Waals surface area contributed by atoms with Gasteiger partial charge in [0.15, 0.2) is 0 Å². The van der Waals surface area contributed by atoms with Crippen LogP contribution in [0.3, 0.4) is 0 Å². The Labute approximate surface area is 154 Å². The maximum absolute atomic E-state index is 13.0. The van der Waals surface area contributed by atoms with E-state index in [1.165, 1.54) is 0 Å². The van der Waals surface area contributed by atoms with E-state index in [4.69, 9.17) is 0 Å². The molecule has 10 heteroatoms. The summed E-state index contributed by atoms with van der Waals surface area (Å²) < 4.78 is 88.6. The number of hydrogen-bond donors (Lipinski definition) is 2. The molecule has 0 radical (unpaired) electrons. The maximum Gasteiger partial charge on any atom is 0.471 e. The first-order valence-electron chi connectivity index (χ1n) is 7.85. The summed E-state index contributed by atoms with van der Waals surface area (Å²) in [7, 11) is 0. The van der Waals surface area contributed by atoms with E-state index in [1.54, 1.807) is 5.32 Å². The normalized spacial score (nSPS) is 14.4. The van der Waals surface area contributed by atoms with Crippen LogP contribution < -0.4 is 5.32 Å². The summed E-state index contributed by atoms with van der Waals surface area (Å²) in [4.78, 5) is 11.3. The van der Waals surface area contributed by atoms with Gasteiger partial charge in [0.1, 0.15) is 5.82 Å². The molecule has 0 spiro atoms. The second kappa shape index (κ2) is 8.17. The van der Waals surface area contributed by atoms with Gasteiger partial charge in [-0.25, -0.2) is 4.39 Å². The Morgan fingerprint density at radius 3 is 1.93 bits per heavy atom. The zero-order chi connectivity index (χ0) is 21.1. The number of halogens is 7. The van der Waals surface area contributed by atoms with E-state index in [1.807, 2.05) is 0 Å². The first kappa shape index (κ1) is 21.7. The molecule has 2 rings (SSSR count). The van der Waals surface area contributed by atoms with Crippen molar-refractivity contribution in [1.82, 2.24) is 5.32 Å². The topological polar surface area (TPSA) is 49.3 Å². The maximum atomic E-state index is 13.0. The molecular weight excluding hydrogens is 395 g/mol. The van der Waals surface area contributed by atoms with E-state index in [-0.39, 0.29) is 11.1 Å². The third-order valence-corrected chi connectivity index (χ3v) is 3.90. The first-order valence-corrected chi connectivity index (χ1v) is 7.85. The monoisotopic (exact) mass is 409 g/mol. The van der Waals surface area contributed by atoms with E-state index in [9.17, 15) is 40.6 Å². The minimum Gasteiger partial charge on any atom is -0.386 e. The molecule has 2 atom stereocenters. The van der Waals surface area contributed by atoms with Crippen molar-refractivity contribution < 1.29 is 40.6 Å². The molecule has 0 aliphatic carbocycles. The van der Waals surface area contributed by atoms with Crippen LogP contribution in [0.5, 0.6) is 0 Å². The number of carbonyl (C=O) groups is 1. The van der Waals surface area contributed by atoms with Crippen molar-refractivity contribution in [3.63, 3.8) is 0 Å². The fourth-order valence-electron chi connectivity index (χ4n) is 2.47. The van der Waals surface area contributed by atoms with Gasteiger partial charge in [-0.05, 0) is 41.8 Å². The molecule has 152 valence electrons. The van der Waals surface area contributed by atoms with Gasteiger partial charge in [-0.15, -0.1) is 0 Å². The molecule has 0 heterocycles. The van der Waals surface area contributed by atoms with Crippen molar-refractivity contribution in [3.8, 4) is 0 Å². The van der Waals surface area contributed by atoms with Crippen LogP contribution in [0, 0.1) is 5.82 Å². The van der Waals surface area contributed by atoms with E-state index in [0.29, 0.717) is 0 Å². The summed E-state index contributed by atoms with van der Waals surface area (Å²) in [5.41, 5.74) is -0.770. The quantitative estimate of drug-likeness (QED) is 0.729. The molecule has 2 N–H and O–H groups in total. The van der Waals surface area contributed by atoms with Crippen LogP contribution in [0.15, 0.2) is 48.5 Å². The van der Waals surface area contributed by atoms with E-state index >= 15 is 0 Å². The molecule has 0 bridgehead atoms. The Kier molecular flexibility index (Phi) is 6.33. The Morgan fingerprint density at radius 2 is 1.46 bits per heavy atom. The van der Waals surface area contributed by atoms with Gasteiger partial charge in [0.2, 0.25) is 0 Å². The number of aliphatic hydroxyl groups is 1. The number of aliphatic hydroxyl groups excluding tert-OH is 1. The van der Waals surface area contributed by atoms with Crippen molar-refractivity contribution in [2.75, 3.05) is 0 Å². The average Bonchev–Trinajstić information content (AvgIpc) is 2.60. The van der Waals surface area contributed by atoms with E-state index in [2.05, 4.69) is 0 Å². The summed E-state index contributed by atoms with van der Waals surface area (Å²) in [5, 5.41) is 12.0. The zero-order valence-electron chi connectivity index (χ0n) is 14.0. The number of alkyl halides is 6. The fraction of sp³-hybridized carbons (Fsp3) is 0.278. The van der Waals surface area contributed by atoms with Crippen LogP contribution >= 0.6 is 0 Å². The first-order chi connectivity index (χ1) is 12.9. The Morgan fingerprint density at radius 1 is 0.929 bits per heavy atom. The molecule has 3 nitrogen and oxygen atoms in total. The Balaban J connectivity index is 2.27. The van der Waals surface area contributed by atoms with Gasteiger partial charge < -0.3 is 10.4 Å². The van der Waals surface area contributed by atoms with Crippen LogP contribution in [0.25, 0.3) is 0 Å². The smallest absolute Gasteiger partial charge is 0.386 e. The Bertz CT molecular complexity index is 799. The second-order valence-corrected chi connectivity index (χ2v) is 5.97. The van der Waals surface area contributed by atoms with Crippen LogP contribution in [0.1, 0.15) is 22.8 Å². The number of nitrogens with one attached hydrogen (secondary N) is 1. The largest absolute Gasteiger partial charge is 0.471 e. The molecule has 2 aromatic carbocycles. The molecule has 0 saturated carbocycles. The molecule has 0 fully saturated rings. The number of benzene rings is 2. The van der Waals surface area contributed by atoms with E-state index < -0.39 is 48.2 Å². The van der Waals surface area contributed by atoms with E-state index in [0.717, 1.165) is 48.5 Å². The van der Waals surface area contributed by atoms with Gasteiger partial charge in [-0.2, -0.15) is 26.3 Å². The number of rotatable bonds is 5. The number of amides is 1. The van der Waals surface area contributed by atoms with Crippen molar-refractivity contribution in [1.29, 1.82) is 0 Å². The minimum atomic E-state index is -5.22. The summed E-state index contributed by atoms with van der Waals surface area (Å²) >= 11 is 0. The molecular formula is C18H14F7NO2. The third-order valence-electron chi connectivity index (χ3n) is 3.90. The van der Waals surface area contributed by atoms with Crippen LogP contribution in [-0.2, 0) is 17.4 Å². The lowest BCUT2D eigenvalue weighted by Gasteiger charge is -2.25. The number of carbonyl (C=O) groups excluding carboxylic acids is 1. The molecule has 0 aliphatic rings. The minimum absolute atomic E-state index is 0.0285. The highest BCUT2D eigenvalue weighted by atomic mass is 19.4. The standard InChI is InChI=1S/C18H14F7NO2/c19-13-7-3-11(4-8-13)15(27)14(26-16(28)18(23,24)25)9-10-1-5-12(6-2-10)17(20,21)22/h1-8,14-15,27H,9H2,(H,26,28). The second-order valence-electron chi connectivity index (χ2n) is 5.97. The molecule has 0 aliphatic heterocycles. The van der Waals surface area contributed by atoms with Crippen molar-refractivity contribution in [3.05, 3.63) is 71.0 Å². The summed E-state index contributed by atoms with van der Waals surface area (Å²) in [6, 6.07) is 6.22. The zero-order valence-corrected chi connectivity index (χ0v) is 14.0. The SMILES string of the molecule is O=C(NC(Cc1ccc(C(F)(F)F)cc1)C(O)c1ccc(F)cc1)C(F)(F)F. The fourth-order valence-corrected chi connectivity index (χ4v) is 2.47. The number of hydrogen-bond acceptors (Lipinski definition) is 2. The summed E-state index contributed by atoms with van der Waals surface area (Å²) in [6.45, 7) is 0. The lowest BCUT2D eigenvalue weighted by Crippen LogP contribution is -2.46. The molecule has 0 saturated heterocycles. The van der Waals surface area contributed by atoms with Crippen LogP contribution in [-0.4, -0.2) is 23.2 Å². The van der Waals surface area contributed by atoms with Crippen molar-refractivity contribution >= 4 is 5.91 Å². The van der Waals surface area contributed by atoms with Crippen LogP contribution in [0.4, 0.5) is 30.7 Å². The summed E-state index contributed by atoms with van der Waals surface area (Å²) in [6.07, 6.45) is -11.9. The molecule has 28 heavy (non-hydrogen) atoms. The Hall–Kier alpha value is -2.62. The van der Waals surface area contributed by atoms with Gasteiger partial charge in [0.05, 0.1) is 17.7 Å². The molecule has 0 aromatic heterocycles. The molecule has 2 unspecified atom stereocenters. The lowest BCUT2D eigenvalue weighted by molar-refractivity contribution is -0.175. The molecule has 1 amide bonds. The van der Waals surface area contributed by atoms with Gasteiger partial charge in [0.25, 0.3) is 0 Å². The predicted octanol–water partition coefficient (Wildman–Crippen LogP) is 4.17. The highest BCUT2D eigenvalue weighted by Crippen LogP contribution is 2.30. The average molecular weight is 409 g/mol. The van der Waals surface area contributed by atoms with Crippen molar-refractivity contribution in [2.45, 2.75) is 30.9 Å². The van der Waals surface area contributed by atoms with Gasteiger partial charge >= 0.3 is 18.3 Å². The van der Waals surface area contributed by atoms with Crippen LogP contribution in [0.2, 0.25) is 0 Å². The highest BCUT2D eigenvalue weighted by Gasteiger charge is 2.41. The van der Waals surface area contributed by atoms with Gasteiger partial charge in [0, 0.05) is 0 Å². The van der Waals surface area contributed by atoms with Gasteiger partial charge in [-0.1, -0.05) is 24.3 Å². The summed E-state index contributed by atoms with van der Waals surface area (Å²) in [5.74, 6) is -2.96. The molecule has 2 aromatic rings.